The molecule has 4 rings (SSSR count). The minimum absolute atomic E-state index is 0.277. The van der Waals surface area contributed by atoms with Crippen LogP contribution < -0.4 is 0 Å². The normalized spacial score (nSPS) is 12.8. The van der Waals surface area contributed by atoms with E-state index in [0.29, 0.717) is 5.39 Å². The van der Waals surface area contributed by atoms with Crippen molar-refractivity contribution in [3.8, 4) is 0 Å². The summed E-state index contributed by atoms with van der Waals surface area (Å²) in [6.45, 7) is 0. The van der Waals surface area contributed by atoms with Crippen LogP contribution in [0.1, 0.15) is 5.56 Å². The maximum absolute atomic E-state index is 13.2. The molecule has 20 heavy (non-hydrogen) atoms. The molecule has 0 aromatic heterocycles. The van der Waals surface area contributed by atoms with Gasteiger partial charge in [0.15, 0.2) is 0 Å². The molecule has 0 aliphatic rings. The Balaban J connectivity index is 2.32. The summed E-state index contributed by atoms with van der Waals surface area (Å²) in [5.74, 6) is 0. The molecule has 0 saturated heterocycles. The number of halogens is 3. The van der Waals surface area contributed by atoms with Gasteiger partial charge in [0, 0.05) is 0 Å². The van der Waals surface area contributed by atoms with Gasteiger partial charge in [-0.05, 0) is 38.4 Å². The first-order valence-corrected chi connectivity index (χ1v) is 6.29. The monoisotopic (exact) mass is 270 g/mol. The highest BCUT2D eigenvalue weighted by molar-refractivity contribution is 6.23. The summed E-state index contributed by atoms with van der Waals surface area (Å²) >= 11 is 0. The summed E-state index contributed by atoms with van der Waals surface area (Å²) in [5, 5.41) is 4.68. The lowest BCUT2D eigenvalue weighted by Gasteiger charge is -2.15. The highest BCUT2D eigenvalue weighted by atomic mass is 19.4. The van der Waals surface area contributed by atoms with Crippen LogP contribution in [-0.4, -0.2) is 0 Å². The second-order valence-corrected chi connectivity index (χ2v) is 4.97. The molecular weight excluding hydrogens is 261 g/mol. The van der Waals surface area contributed by atoms with Gasteiger partial charge in [-0.15, -0.1) is 0 Å². The SMILES string of the molecule is FC(F)(F)c1ccc2ccc3cccc4ccc1c2c34. The van der Waals surface area contributed by atoms with Gasteiger partial charge in [0.2, 0.25) is 0 Å². The summed E-state index contributed by atoms with van der Waals surface area (Å²) in [5.41, 5.74) is -0.566. The number of hydrogen-bond acceptors (Lipinski definition) is 0. The number of hydrogen-bond donors (Lipinski definition) is 0. The topological polar surface area (TPSA) is 0 Å². The van der Waals surface area contributed by atoms with E-state index in [9.17, 15) is 13.2 Å². The van der Waals surface area contributed by atoms with E-state index in [1.807, 2.05) is 30.3 Å². The third kappa shape index (κ3) is 1.43. The van der Waals surface area contributed by atoms with Crippen molar-refractivity contribution in [3.05, 3.63) is 60.2 Å². The first-order valence-electron chi connectivity index (χ1n) is 6.29. The summed E-state index contributed by atoms with van der Waals surface area (Å²) in [7, 11) is 0. The zero-order valence-corrected chi connectivity index (χ0v) is 10.3. The lowest BCUT2D eigenvalue weighted by molar-refractivity contribution is -0.136. The Bertz CT molecular complexity index is 919. The van der Waals surface area contributed by atoms with E-state index in [1.54, 1.807) is 18.2 Å². The highest BCUT2D eigenvalue weighted by Crippen LogP contribution is 2.41. The molecule has 98 valence electrons. The van der Waals surface area contributed by atoms with Crippen molar-refractivity contribution in [2.75, 3.05) is 0 Å². The second kappa shape index (κ2) is 3.63. The minimum Gasteiger partial charge on any atom is -0.166 e. The lowest BCUT2D eigenvalue weighted by Crippen LogP contribution is -2.05. The second-order valence-electron chi connectivity index (χ2n) is 4.97. The minimum atomic E-state index is -4.33. The molecule has 0 fully saturated rings. The molecule has 0 amide bonds. The average molecular weight is 270 g/mol. The van der Waals surface area contributed by atoms with E-state index >= 15 is 0 Å². The van der Waals surface area contributed by atoms with E-state index in [2.05, 4.69) is 0 Å². The van der Waals surface area contributed by atoms with Crippen LogP contribution in [0.5, 0.6) is 0 Å². The van der Waals surface area contributed by atoms with Crippen molar-refractivity contribution in [2.24, 2.45) is 0 Å². The Morgan fingerprint density at radius 3 is 1.80 bits per heavy atom. The first kappa shape index (κ1) is 11.5. The van der Waals surface area contributed by atoms with Crippen LogP contribution in [0.2, 0.25) is 0 Å². The Hall–Kier alpha value is -2.29. The molecule has 0 nitrogen and oxygen atoms in total. The van der Waals surface area contributed by atoms with E-state index in [0.717, 1.165) is 21.5 Å². The highest BCUT2D eigenvalue weighted by Gasteiger charge is 2.32. The fourth-order valence-electron chi connectivity index (χ4n) is 2.98. The molecule has 4 aromatic rings. The van der Waals surface area contributed by atoms with Gasteiger partial charge in [0.25, 0.3) is 0 Å². The largest absolute Gasteiger partial charge is 0.417 e. The van der Waals surface area contributed by atoms with Crippen LogP contribution >= 0.6 is 0 Å². The number of benzene rings is 4. The quantitative estimate of drug-likeness (QED) is 0.365. The fourth-order valence-corrected chi connectivity index (χ4v) is 2.98. The van der Waals surface area contributed by atoms with Crippen LogP contribution in [0.4, 0.5) is 13.2 Å². The van der Waals surface area contributed by atoms with E-state index in [4.69, 9.17) is 0 Å². The van der Waals surface area contributed by atoms with E-state index in [-0.39, 0.29) is 5.39 Å². The predicted molar refractivity (Wildman–Crippen MR) is 75.1 cm³/mol. The predicted octanol–water partition coefficient (Wildman–Crippen LogP) is 5.60. The van der Waals surface area contributed by atoms with Crippen LogP contribution in [0.15, 0.2) is 54.6 Å². The average Bonchev–Trinajstić information content (AvgIpc) is 2.43. The molecule has 0 saturated carbocycles. The molecule has 0 aliphatic carbocycles. The Morgan fingerprint density at radius 2 is 1.15 bits per heavy atom. The van der Waals surface area contributed by atoms with Crippen LogP contribution in [-0.2, 0) is 6.18 Å². The molecule has 4 aromatic carbocycles. The zero-order valence-electron chi connectivity index (χ0n) is 10.3. The maximum Gasteiger partial charge on any atom is 0.417 e. The number of rotatable bonds is 0. The molecular formula is C17H9F3. The molecule has 0 heterocycles. The molecule has 0 atom stereocenters. The summed E-state index contributed by atoms with van der Waals surface area (Å²) in [4.78, 5) is 0. The zero-order chi connectivity index (χ0) is 13.9. The van der Waals surface area contributed by atoms with Gasteiger partial charge >= 0.3 is 6.18 Å². The Labute approximate surface area is 112 Å². The number of alkyl halides is 3. The van der Waals surface area contributed by atoms with Crippen LogP contribution in [0.3, 0.4) is 0 Å². The van der Waals surface area contributed by atoms with Crippen molar-refractivity contribution in [1.29, 1.82) is 0 Å². The third-order valence-electron chi connectivity index (χ3n) is 3.83. The van der Waals surface area contributed by atoms with Gasteiger partial charge in [-0.3, -0.25) is 0 Å². The molecule has 0 bridgehead atoms. The molecule has 0 aliphatic heterocycles. The molecule has 0 radical (unpaired) electrons. The summed E-state index contributed by atoms with van der Waals surface area (Å²) in [6, 6.07) is 15.7. The van der Waals surface area contributed by atoms with Crippen molar-refractivity contribution in [1.82, 2.24) is 0 Å². The smallest absolute Gasteiger partial charge is 0.166 e. The maximum atomic E-state index is 13.2. The van der Waals surface area contributed by atoms with E-state index < -0.39 is 11.7 Å². The van der Waals surface area contributed by atoms with Gasteiger partial charge in [-0.2, -0.15) is 13.2 Å². The van der Waals surface area contributed by atoms with Crippen LogP contribution in [0, 0.1) is 0 Å². The summed E-state index contributed by atoms with van der Waals surface area (Å²) < 4.78 is 39.5. The molecule has 0 spiro atoms. The van der Waals surface area contributed by atoms with Crippen molar-refractivity contribution < 1.29 is 13.2 Å². The Morgan fingerprint density at radius 1 is 0.600 bits per heavy atom. The molecule has 3 heteroatoms. The van der Waals surface area contributed by atoms with Crippen molar-refractivity contribution >= 4 is 32.3 Å². The fraction of sp³-hybridized carbons (Fsp3) is 0.0588. The van der Waals surface area contributed by atoms with Crippen molar-refractivity contribution in [2.45, 2.75) is 6.18 Å². The molecule has 0 unspecified atom stereocenters. The lowest BCUT2D eigenvalue weighted by atomic mass is 9.92. The van der Waals surface area contributed by atoms with Gasteiger partial charge < -0.3 is 0 Å². The summed E-state index contributed by atoms with van der Waals surface area (Å²) in [6.07, 6.45) is -4.33. The standard InChI is InChI=1S/C17H9F3/c18-17(19,20)14-9-7-12-5-4-10-2-1-3-11-6-8-13(14)16(12)15(10)11/h1-9H. The van der Waals surface area contributed by atoms with Gasteiger partial charge in [-0.25, -0.2) is 0 Å². The van der Waals surface area contributed by atoms with Gasteiger partial charge in [0.1, 0.15) is 0 Å². The van der Waals surface area contributed by atoms with Crippen LogP contribution in [0.25, 0.3) is 32.3 Å². The molecule has 0 N–H and O–H groups in total. The van der Waals surface area contributed by atoms with Gasteiger partial charge in [-0.1, -0.05) is 48.5 Å². The first-order chi connectivity index (χ1) is 9.55. The van der Waals surface area contributed by atoms with Gasteiger partial charge in [0.05, 0.1) is 5.56 Å². The third-order valence-corrected chi connectivity index (χ3v) is 3.83. The van der Waals surface area contributed by atoms with E-state index in [1.165, 1.54) is 6.07 Å². The van der Waals surface area contributed by atoms with Crippen molar-refractivity contribution in [3.63, 3.8) is 0 Å². The Kier molecular flexibility index (Phi) is 2.09.